The smallest absolute Gasteiger partial charge is 0.123 e. The van der Waals surface area contributed by atoms with Crippen LogP contribution in [0.15, 0.2) is 47.4 Å². The highest BCUT2D eigenvalue weighted by atomic mass is 32.2. The Morgan fingerprint density at radius 3 is 2.53 bits per heavy atom. The molecule has 0 aliphatic heterocycles. The van der Waals surface area contributed by atoms with Gasteiger partial charge in [-0.15, -0.1) is 11.8 Å². The van der Waals surface area contributed by atoms with Gasteiger partial charge in [0.1, 0.15) is 5.82 Å². The second-order valence-corrected chi connectivity index (χ2v) is 4.97. The topological polar surface area (TPSA) is 26.0 Å². The first-order valence-corrected chi connectivity index (χ1v) is 6.37. The third-order valence-corrected chi connectivity index (χ3v) is 3.62. The average Bonchev–Trinajstić information content (AvgIpc) is 2.32. The van der Waals surface area contributed by atoms with E-state index < -0.39 is 0 Å². The van der Waals surface area contributed by atoms with Gasteiger partial charge in [-0.05, 0) is 42.3 Å². The van der Waals surface area contributed by atoms with Gasteiger partial charge < -0.3 is 5.73 Å². The molecule has 0 amide bonds. The minimum atomic E-state index is -0.200. The Kier molecular flexibility index (Phi) is 3.69. The highest BCUT2D eigenvalue weighted by Gasteiger charge is 2.01. The van der Waals surface area contributed by atoms with Crippen LogP contribution < -0.4 is 5.73 Å². The number of hydrogen-bond donors (Lipinski definition) is 1. The Balaban J connectivity index is 2.07. The number of benzene rings is 2. The van der Waals surface area contributed by atoms with E-state index in [1.807, 2.05) is 19.1 Å². The van der Waals surface area contributed by atoms with Crippen LogP contribution in [0.5, 0.6) is 0 Å². The van der Waals surface area contributed by atoms with E-state index >= 15 is 0 Å². The molecule has 0 saturated heterocycles. The lowest BCUT2D eigenvalue weighted by atomic mass is 10.2. The Morgan fingerprint density at radius 2 is 1.82 bits per heavy atom. The summed E-state index contributed by atoms with van der Waals surface area (Å²) in [5, 5.41) is 0. The van der Waals surface area contributed by atoms with E-state index in [-0.39, 0.29) is 5.82 Å². The van der Waals surface area contributed by atoms with Gasteiger partial charge >= 0.3 is 0 Å². The lowest BCUT2D eigenvalue weighted by Gasteiger charge is -2.06. The molecule has 0 heterocycles. The van der Waals surface area contributed by atoms with Gasteiger partial charge in [-0.3, -0.25) is 0 Å². The SMILES string of the molecule is Cc1ccc(N)c(SCc2ccc(F)cc2)c1. The van der Waals surface area contributed by atoms with Gasteiger partial charge in [0.05, 0.1) is 0 Å². The molecular formula is C14H14FNS. The fourth-order valence-corrected chi connectivity index (χ4v) is 2.53. The van der Waals surface area contributed by atoms with Gasteiger partial charge in [-0.2, -0.15) is 0 Å². The zero-order chi connectivity index (χ0) is 12.3. The molecule has 0 atom stereocenters. The predicted octanol–water partition coefficient (Wildman–Crippen LogP) is 4.01. The summed E-state index contributed by atoms with van der Waals surface area (Å²) in [6.07, 6.45) is 0. The minimum Gasteiger partial charge on any atom is -0.398 e. The van der Waals surface area contributed by atoms with Crippen LogP contribution in [0.4, 0.5) is 10.1 Å². The molecule has 0 radical (unpaired) electrons. The van der Waals surface area contributed by atoms with Crippen LogP contribution in [0.3, 0.4) is 0 Å². The van der Waals surface area contributed by atoms with E-state index in [1.165, 1.54) is 17.7 Å². The van der Waals surface area contributed by atoms with Gasteiger partial charge in [0, 0.05) is 16.3 Å². The number of hydrogen-bond acceptors (Lipinski definition) is 2. The second kappa shape index (κ2) is 5.23. The molecule has 17 heavy (non-hydrogen) atoms. The summed E-state index contributed by atoms with van der Waals surface area (Å²) in [5.41, 5.74) is 8.98. The van der Waals surface area contributed by atoms with E-state index in [0.29, 0.717) is 0 Å². The molecule has 3 heteroatoms. The molecule has 2 N–H and O–H groups in total. The summed E-state index contributed by atoms with van der Waals surface area (Å²) >= 11 is 1.67. The van der Waals surface area contributed by atoms with E-state index in [4.69, 9.17) is 5.73 Å². The third-order valence-electron chi connectivity index (χ3n) is 2.48. The first-order chi connectivity index (χ1) is 8.15. The molecule has 0 aliphatic rings. The quantitative estimate of drug-likeness (QED) is 0.655. The van der Waals surface area contributed by atoms with E-state index in [9.17, 15) is 4.39 Å². The van der Waals surface area contributed by atoms with Crippen LogP contribution in [0.1, 0.15) is 11.1 Å². The molecule has 0 saturated carbocycles. The monoisotopic (exact) mass is 247 g/mol. The molecule has 2 aromatic rings. The standard InChI is InChI=1S/C14H14FNS/c1-10-2-7-13(16)14(8-10)17-9-11-3-5-12(15)6-4-11/h2-8H,9,16H2,1H3. The fourth-order valence-electron chi connectivity index (χ4n) is 1.51. The van der Waals surface area contributed by atoms with Gasteiger partial charge in [0.25, 0.3) is 0 Å². The van der Waals surface area contributed by atoms with Crippen LogP contribution in [-0.2, 0) is 5.75 Å². The Hall–Kier alpha value is -1.48. The summed E-state index contributed by atoms with van der Waals surface area (Å²) in [4.78, 5) is 1.08. The summed E-state index contributed by atoms with van der Waals surface area (Å²) in [7, 11) is 0. The highest BCUT2D eigenvalue weighted by molar-refractivity contribution is 7.98. The van der Waals surface area contributed by atoms with Crippen molar-refractivity contribution in [3.8, 4) is 0 Å². The van der Waals surface area contributed by atoms with Crippen molar-refractivity contribution in [2.24, 2.45) is 0 Å². The number of halogens is 1. The van der Waals surface area contributed by atoms with Crippen LogP contribution in [0, 0.1) is 12.7 Å². The largest absolute Gasteiger partial charge is 0.398 e. The Labute approximate surface area is 105 Å². The van der Waals surface area contributed by atoms with Gasteiger partial charge in [0.2, 0.25) is 0 Å². The normalized spacial score (nSPS) is 10.5. The first-order valence-electron chi connectivity index (χ1n) is 5.38. The molecule has 0 spiro atoms. The van der Waals surface area contributed by atoms with Crippen molar-refractivity contribution in [2.75, 3.05) is 5.73 Å². The van der Waals surface area contributed by atoms with Crippen molar-refractivity contribution in [1.82, 2.24) is 0 Å². The summed E-state index contributed by atoms with van der Waals surface area (Å²) in [6.45, 7) is 2.04. The predicted molar refractivity (Wildman–Crippen MR) is 71.6 cm³/mol. The van der Waals surface area contributed by atoms with Crippen molar-refractivity contribution in [3.05, 3.63) is 59.4 Å². The molecule has 2 aromatic carbocycles. The number of anilines is 1. The summed E-state index contributed by atoms with van der Waals surface area (Å²) in [6, 6.07) is 12.6. The molecule has 1 nitrogen and oxygen atoms in total. The minimum absolute atomic E-state index is 0.200. The lowest BCUT2D eigenvalue weighted by Crippen LogP contribution is -1.90. The average molecular weight is 247 g/mol. The van der Waals surface area contributed by atoms with Crippen molar-refractivity contribution < 1.29 is 4.39 Å². The van der Waals surface area contributed by atoms with Crippen LogP contribution in [0.2, 0.25) is 0 Å². The Bertz CT molecular complexity index is 508. The maximum Gasteiger partial charge on any atom is 0.123 e. The lowest BCUT2D eigenvalue weighted by molar-refractivity contribution is 0.627. The van der Waals surface area contributed by atoms with Crippen molar-refractivity contribution in [1.29, 1.82) is 0 Å². The Morgan fingerprint density at radius 1 is 1.12 bits per heavy atom. The molecule has 2 rings (SSSR count). The van der Waals surface area contributed by atoms with E-state index in [0.717, 1.165) is 21.9 Å². The van der Waals surface area contributed by atoms with Crippen LogP contribution in [0.25, 0.3) is 0 Å². The molecule has 0 aromatic heterocycles. The molecule has 0 unspecified atom stereocenters. The van der Waals surface area contributed by atoms with Gasteiger partial charge in [0.15, 0.2) is 0 Å². The number of nitrogen functional groups attached to an aromatic ring is 1. The molecule has 88 valence electrons. The number of thioether (sulfide) groups is 1. The molecule has 0 fully saturated rings. The number of rotatable bonds is 3. The maximum atomic E-state index is 12.7. The maximum absolute atomic E-state index is 12.7. The van der Waals surface area contributed by atoms with Gasteiger partial charge in [-0.1, -0.05) is 18.2 Å². The summed E-state index contributed by atoms with van der Waals surface area (Å²) in [5.74, 6) is 0.599. The molecular weight excluding hydrogens is 233 g/mol. The summed E-state index contributed by atoms with van der Waals surface area (Å²) < 4.78 is 12.7. The zero-order valence-electron chi connectivity index (χ0n) is 9.61. The molecule has 0 bridgehead atoms. The van der Waals surface area contributed by atoms with Gasteiger partial charge in [-0.25, -0.2) is 4.39 Å². The van der Waals surface area contributed by atoms with Crippen molar-refractivity contribution >= 4 is 17.4 Å². The van der Waals surface area contributed by atoms with Crippen LogP contribution >= 0.6 is 11.8 Å². The van der Waals surface area contributed by atoms with E-state index in [1.54, 1.807) is 23.9 Å². The van der Waals surface area contributed by atoms with E-state index in [2.05, 4.69) is 6.07 Å². The highest BCUT2D eigenvalue weighted by Crippen LogP contribution is 2.28. The fraction of sp³-hybridized carbons (Fsp3) is 0.143. The van der Waals surface area contributed by atoms with Crippen molar-refractivity contribution in [3.63, 3.8) is 0 Å². The zero-order valence-corrected chi connectivity index (χ0v) is 10.4. The molecule has 0 aliphatic carbocycles. The van der Waals surface area contributed by atoms with Crippen LogP contribution in [-0.4, -0.2) is 0 Å². The van der Waals surface area contributed by atoms with Crippen molar-refractivity contribution in [2.45, 2.75) is 17.6 Å². The number of nitrogens with two attached hydrogens (primary N) is 1. The first kappa shape index (κ1) is 12.0. The third kappa shape index (κ3) is 3.24. The number of aryl methyl sites for hydroxylation is 1. The second-order valence-electron chi connectivity index (χ2n) is 3.96.